The van der Waals surface area contributed by atoms with E-state index in [1.807, 2.05) is 25.4 Å². The number of aryl methyl sites for hydroxylation is 2. The van der Waals surface area contributed by atoms with Crippen molar-refractivity contribution in [3.05, 3.63) is 36.3 Å². The highest BCUT2D eigenvalue weighted by Gasteiger charge is 2.28. The van der Waals surface area contributed by atoms with Gasteiger partial charge in [-0.25, -0.2) is 15.0 Å². The van der Waals surface area contributed by atoms with E-state index in [9.17, 15) is 0 Å². The molecule has 2 aromatic heterocycles. The molecular formula is C14H19N5. The summed E-state index contributed by atoms with van der Waals surface area (Å²) in [6, 6.07) is 1.98. The summed E-state index contributed by atoms with van der Waals surface area (Å²) in [5, 5.41) is 0. The minimum atomic E-state index is 0.690. The zero-order valence-electron chi connectivity index (χ0n) is 11.5. The van der Waals surface area contributed by atoms with E-state index in [2.05, 4.69) is 37.5 Å². The lowest BCUT2D eigenvalue weighted by atomic mass is 10.00. The maximum absolute atomic E-state index is 4.46. The molecule has 0 unspecified atom stereocenters. The molecule has 0 amide bonds. The third-order valence-electron chi connectivity index (χ3n) is 3.62. The molecule has 0 saturated carbocycles. The zero-order valence-corrected chi connectivity index (χ0v) is 11.5. The molecule has 1 saturated heterocycles. The van der Waals surface area contributed by atoms with Crippen molar-refractivity contribution in [1.29, 1.82) is 0 Å². The Morgan fingerprint density at radius 3 is 2.84 bits per heavy atom. The van der Waals surface area contributed by atoms with E-state index in [-0.39, 0.29) is 0 Å². The third-order valence-corrected chi connectivity index (χ3v) is 3.62. The second-order valence-electron chi connectivity index (χ2n) is 5.08. The van der Waals surface area contributed by atoms with Crippen LogP contribution in [0.4, 0.5) is 5.82 Å². The molecule has 0 bridgehead atoms. The van der Waals surface area contributed by atoms with Crippen molar-refractivity contribution in [3.8, 4) is 0 Å². The predicted octanol–water partition coefficient (Wildman–Crippen LogP) is 1.68. The molecule has 100 valence electrons. The van der Waals surface area contributed by atoms with E-state index in [4.69, 9.17) is 0 Å². The maximum atomic E-state index is 4.46. The topological polar surface area (TPSA) is 46.8 Å². The van der Waals surface area contributed by atoms with E-state index in [0.717, 1.165) is 37.7 Å². The van der Waals surface area contributed by atoms with Crippen molar-refractivity contribution in [2.24, 2.45) is 5.92 Å². The molecule has 0 radical (unpaired) electrons. The standard InChI is InChI=1S/C14H19N5/c1-3-13-16-6-7-18(13)8-12-9-19(10-12)14-4-5-15-11(2)17-14/h4-7,12H,3,8-10H2,1-2H3. The summed E-state index contributed by atoms with van der Waals surface area (Å²) < 4.78 is 2.27. The number of rotatable bonds is 4. The number of imidazole rings is 1. The maximum Gasteiger partial charge on any atom is 0.132 e. The van der Waals surface area contributed by atoms with Crippen molar-refractivity contribution in [2.45, 2.75) is 26.8 Å². The molecule has 0 aromatic carbocycles. The molecular weight excluding hydrogens is 238 g/mol. The summed E-state index contributed by atoms with van der Waals surface area (Å²) in [5.74, 6) is 3.75. The Bertz CT molecular complexity index is 556. The number of hydrogen-bond acceptors (Lipinski definition) is 4. The molecule has 1 fully saturated rings. The van der Waals surface area contributed by atoms with Gasteiger partial charge in [-0.05, 0) is 13.0 Å². The molecule has 5 nitrogen and oxygen atoms in total. The molecule has 19 heavy (non-hydrogen) atoms. The average Bonchev–Trinajstić information content (AvgIpc) is 2.80. The van der Waals surface area contributed by atoms with Crippen molar-refractivity contribution < 1.29 is 0 Å². The predicted molar refractivity (Wildman–Crippen MR) is 74.1 cm³/mol. The molecule has 1 aliphatic heterocycles. The smallest absolute Gasteiger partial charge is 0.132 e. The normalized spacial score (nSPS) is 15.6. The van der Waals surface area contributed by atoms with E-state index in [1.165, 1.54) is 5.82 Å². The minimum absolute atomic E-state index is 0.690. The number of aromatic nitrogens is 4. The van der Waals surface area contributed by atoms with Crippen LogP contribution in [0, 0.1) is 12.8 Å². The first-order valence-electron chi connectivity index (χ1n) is 6.81. The van der Waals surface area contributed by atoms with Gasteiger partial charge in [0.15, 0.2) is 0 Å². The van der Waals surface area contributed by atoms with Crippen LogP contribution in [0.1, 0.15) is 18.6 Å². The monoisotopic (exact) mass is 257 g/mol. The van der Waals surface area contributed by atoms with Gasteiger partial charge in [-0.2, -0.15) is 0 Å². The number of hydrogen-bond donors (Lipinski definition) is 0. The Balaban J connectivity index is 1.58. The van der Waals surface area contributed by atoms with Crippen LogP contribution in [-0.4, -0.2) is 32.6 Å². The molecule has 0 spiro atoms. The first kappa shape index (κ1) is 12.1. The van der Waals surface area contributed by atoms with Gasteiger partial charge >= 0.3 is 0 Å². The fourth-order valence-electron chi connectivity index (χ4n) is 2.59. The molecule has 3 heterocycles. The zero-order chi connectivity index (χ0) is 13.2. The molecule has 2 aromatic rings. The molecule has 0 aliphatic carbocycles. The lowest BCUT2D eigenvalue weighted by molar-refractivity contribution is 0.350. The second kappa shape index (κ2) is 4.99. The SMILES string of the molecule is CCc1nccn1CC1CN(c2ccnc(C)n2)C1. The number of anilines is 1. The average molecular weight is 257 g/mol. The van der Waals surface area contributed by atoms with Crippen molar-refractivity contribution in [3.63, 3.8) is 0 Å². The Kier molecular flexibility index (Phi) is 3.19. The summed E-state index contributed by atoms with van der Waals surface area (Å²) in [5.41, 5.74) is 0. The van der Waals surface area contributed by atoms with Gasteiger partial charge in [0.05, 0.1) is 0 Å². The molecule has 0 atom stereocenters. The summed E-state index contributed by atoms with van der Waals surface area (Å²) >= 11 is 0. The Morgan fingerprint density at radius 2 is 2.11 bits per heavy atom. The van der Waals surface area contributed by atoms with Gasteiger partial charge in [-0.1, -0.05) is 6.92 Å². The molecule has 0 N–H and O–H groups in total. The third kappa shape index (κ3) is 2.45. The first-order valence-corrected chi connectivity index (χ1v) is 6.81. The van der Waals surface area contributed by atoms with Gasteiger partial charge in [0.1, 0.15) is 17.5 Å². The molecule has 1 aliphatic rings. The van der Waals surface area contributed by atoms with Crippen LogP contribution in [0.5, 0.6) is 0 Å². The highest BCUT2D eigenvalue weighted by molar-refractivity contribution is 5.40. The fraction of sp³-hybridized carbons (Fsp3) is 0.500. The van der Waals surface area contributed by atoms with Crippen LogP contribution in [0.15, 0.2) is 24.7 Å². The number of nitrogens with zero attached hydrogens (tertiary/aromatic N) is 5. The largest absolute Gasteiger partial charge is 0.356 e. The van der Waals surface area contributed by atoms with Crippen LogP contribution < -0.4 is 4.90 Å². The van der Waals surface area contributed by atoms with Gasteiger partial charge in [0.25, 0.3) is 0 Å². The van der Waals surface area contributed by atoms with Crippen molar-refractivity contribution in [1.82, 2.24) is 19.5 Å². The first-order chi connectivity index (χ1) is 9.26. The summed E-state index contributed by atoms with van der Waals surface area (Å²) in [6.45, 7) is 7.27. The fourth-order valence-corrected chi connectivity index (χ4v) is 2.59. The summed E-state index contributed by atoms with van der Waals surface area (Å²) in [4.78, 5) is 15.3. The van der Waals surface area contributed by atoms with Gasteiger partial charge in [-0.3, -0.25) is 0 Å². The summed E-state index contributed by atoms with van der Waals surface area (Å²) in [6.07, 6.45) is 6.80. The summed E-state index contributed by atoms with van der Waals surface area (Å²) in [7, 11) is 0. The highest BCUT2D eigenvalue weighted by atomic mass is 15.3. The van der Waals surface area contributed by atoms with Crippen molar-refractivity contribution >= 4 is 5.82 Å². The Morgan fingerprint density at radius 1 is 1.26 bits per heavy atom. The lowest BCUT2D eigenvalue weighted by Gasteiger charge is -2.40. The van der Waals surface area contributed by atoms with Gasteiger partial charge in [-0.15, -0.1) is 0 Å². The van der Waals surface area contributed by atoms with Gasteiger partial charge in [0.2, 0.25) is 0 Å². The van der Waals surface area contributed by atoms with E-state index in [0.29, 0.717) is 5.92 Å². The van der Waals surface area contributed by atoms with Crippen LogP contribution in [0.25, 0.3) is 0 Å². The Hall–Kier alpha value is -1.91. The minimum Gasteiger partial charge on any atom is -0.356 e. The molecule has 5 heteroatoms. The van der Waals surface area contributed by atoms with E-state index < -0.39 is 0 Å². The quantitative estimate of drug-likeness (QED) is 0.836. The van der Waals surface area contributed by atoms with Crippen LogP contribution >= 0.6 is 0 Å². The lowest BCUT2D eigenvalue weighted by Crippen LogP contribution is -2.49. The van der Waals surface area contributed by atoms with E-state index in [1.54, 1.807) is 0 Å². The van der Waals surface area contributed by atoms with Crippen molar-refractivity contribution in [2.75, 3.05) is 18.0 Å². The van der Waals surface area contributed by atoms with Crippen LogP contribution in [0.2, 0.25) is 0 Å². The highest BCUT2D eigenvalue weighted by Crippen LogP contribution is 2.23. The second-order valence-corrected chi connectivity index (χ2v) is 5.08. The Labute approximate surface area is 113 Å². The van der Waals surface area contributed by atoms with E-state index >= 15 is 0 Å². The van der Waals surface area contributed by atoms with Crippen LogP contribution in [0.3, 0.4) is 0 Å². The van der Waals surface area contributed by atoms with Crippen LogP contribution in [-0.2, 0) is 13.0 Å². The van der Waals surface area contributed by atoms with Gasteiger partial charge in [0, 0.05) is 50.6 Å². The molecule has 3 rings (SSSR count). The van der Waals surface area contributed by atoms with Gasteiger partial charge < -0.3 is 9.47 Å².